The van der Waals surface area contributed by atoms with Gasteiger partial charge in [0.05, 0.1) is 10.8 Å². The zero-order chi connectivity index (χ0) is 18.7. The number of hydrogen-bond acceptors (Lipinski definition) is 5. The molecule has 0 spiro atoms. The average Bonchev–Trinajstić information content (AvgIpc) is 2.63. The van der Waals surface area contributed by atoms with Crippen molar-refractivity contribution in [2.75, 3.05) is 23.3 Å². The number of carbonyl (C=O) groups is 1. The number of aryl methyl sites for hydroxylation is 1. The summed E-state index contributed by atoms with van der Waals surface area (Å²) in [6.07, 6.45) is 3.20. The van der Waals surface area contributed by atoms with Gasteiger partial charge in [0.2, 0.25) is 5.91 Å². The molecule has 3 rings (SSSR count). The smallest absolute Gasteiger partial charge is 0.294 e. The summed E-state index contributed by atoms with van der Waals surface area (Å²) < 4.78 is 0. The second-order valence-electron chi connectivity index (χ2n) is 6.39. The van der Waals surface area contributed by atoms with Crippen LogP contribution in [0.3, 0.4) is 0 Å². The van der Waals surface area contributed by atoms with E-state index >= 15 is 0 Å². The fourth-order valence-corrected chi connectivity index (χ4v) is 3.26. The van der Waals surface area contributed by atoms with Crippen LogP contribution in [0.25, 0.3) is 0 Å². The van der Waals surface area contributed by atoms with E-state index in [1.807, 2.05) is 17.9 Å². The van der Waals surface area contributed by atoms with Gasteiger partial charge in [-0.1, -0.05) is 17.7 Å². The highest BCUT2D eigenvalue weighted by Crippen LogP contribution is 2.33. The van der Waals surface area contributed by atoms with Crippen LogP contribution in [-0.2, 0) is 4.79 Å². The number of pyridine rings is 1. The highest BCUT2D eigenvalue weighted by atomic mass is 35.5. The third kappa shape index (κ3) is 4.11. The standard InChI is InChI=1S/C18H19ClN4O3/c1-12-4-7-17(20-10-12)21-18(24)13-3-2-8-22(11-13)15-6-5-14(19)9-16(15)23(25)26/h4-7,9-10,13H,2-3,8,11H2,1H3,(H,20,21,24)/t13-/m0/s1. The lowest BCUT2D eigenvalue weighted by molar-refractivity contribution is -0.384. The van der Waals surface area contributed by atoms with E-state index in [0.29, 0.717) is 29.6 Å². The summed E-state index contributed by atoms with van der Waals surface area (Å²) in [4.78, 5) is 29.5. The molecule has 2 aromatic rings. The molecule has 26 heavy (non-hydrogen) atoms. The molecule has 1 N–H and O–H groups in total. The van der Waals surface area contributed by atoms with Crippen LogP contribution in [0.5, 0.6) is 0 Å². The lowest BCUT2D eigenvalue weighted by Crippen LogP contribution is -2.41. The van der Waals surface area contributed by atoms with Gasteiger partial charge in [-0.15, -0.1) is 0 Å². The summed E-state index contributed by atoms with van der Waals surface area (Å²) in [5.74, 6) is 0.125. The van der Waals surface area contributed by atoms with Crippen molar-refractivity contribution in [3.63, 3.8) is 0 Å². The zero-order valence-corrected chi connectivity index (χ0v) is 15.1. The van der Waals surface area contributed by atoms with Crippen molar-refractivity contribution in [3.8, 4) is 0 Å². The lowest BCUT2D eigenvalue weighted by atomic mass is 9.96. The van der Waals surface area contributed by atoms with Gasteiger partial charge in [0.15, 0.2) is 0 Å². The Morgan fingerprint density at radius 2 is 2.19 bits per heavy atom. The van der Waals surface area contributed by atoms with E-state index in [0.717, 1.165) is 18.4 Å². The number of rotatable bonds is 4. The molecule has 2 heterocycles. The molecule has 136 valence electrons. The normalized spacial score (nSPS) is 17.0. The molecule has 1 fully saturated rings. The third-order valence-corrected chi connectivity index (χ3v) is 4.66. The summed E-state index contributed by atoms with van der Waals surface area (Å²) in [5.41, 5.74) is 1.46. The summed E-state index contributed by atoms with van der Waals surface area (Å²) in [5, 5.41) is 14.5. The lowest BCUT2D eigenvalue weighted by Gasteiger charge is -2.33. The number of amides is 1. The summed E-state index contributed by atoms with van der Waals surface area (Å²) in [6, 6.07) is 8.26. The molecule has 1 saturated heterocycles. The monoisotopic (exact) mass is 374 g/mol. The van der Waals surface area contributed by atoms with E-state index in [4.69, 9.17) is 11.6 Å². The number of carbonyl (C=O) groups excluding carboxylic acids is 1. The van der Waals surface area contributed by atoms with Crippen molar-refractivity contribution in [1.82, 2.24) is 4.98 Å². The van der Waals surface area contributed by atoms with Crippen LogP contribution < -0.4 is 10.2 Å². The number of benzene rings is 1. The largest absolute Gasteiger partial charge is 0.365 e. The minimum atomic E-state index is -0.443. The quantitative estimate of drug-likeness (QED) is 0.649. The van der Waals surface area contributed by atoms with Gasteiger partial charge >= 0.3 is 0 Å². The number of halogens is 1. The number of hydrogen-bond donors (Lipinski definition) is 1. The highest BCUT2D eigenvalue weighted by molar-refractivity contribution is 6.30. The first kappa shape index (κ1) is 18.1. The molecule has 1 aliphatic rings. The topological polar surface area (TPSA) is 88.4 Å². The molecule has 7 nitrogen and oxygen atoms in total. The van der Waals surface area contributed by atoms with E-state index in [9.17, 15) is 14.9 Å². The summed E-state index contributed by atoms with van der Waals surface area (Å²) in [7, 11) is 0. The van der Waals surface area contributed by atoms with Crippen LogP contribution in [-0.4, -0.2) is 28.9 Å². The van der Waals surface area contributed by atoms with Crippen molar-refractivity contribution in [1.29, 1.82) is 0 Å². The summed E-state index contributed by atoms with van der Waals surface area (Å²) >= 11 is 5.89. The maximum atomic E-state index is 12.6. The molecule has 0 bridgehead atoms. The van der Waals surface area contributed by atoms with Crippen molar-refractivity contribution in [2.24, 2.45) is 5.92 Å². The van der Waals surface area contributed by atoms with E-state index < -0.39 is 4.92 Å². The molecule has 0 unspecified atom stereocenters. The second kappa shape index (κ2) is 7.70. The number of nitrogens with one attached hydrogen (secondary N) is 1. The van der Waals surface area contributed by atoms with Crippen LogP contribution in [0.1, 0.15) is 18.4 Å². The Balaban J connectivity index is 1.74. The maximum absolute atomic E-state index is 12.6. The molecule has 1 aromatic carbocycles. The number of nitrogens with zero attached hydrogens (tertiary/aromatic N) is 3. The van der Waals surface area contributed by atoms with E-state index in [1.165, 1.54) is 6.07 Å². The van der Waals surface area contributed by atoms with Gasteiger partial charge in [-0.3, -0.25) is 14.9 Å². The van der Waals surface area contributed by atoms with E-state index in [-0.39, 0.29) is 17.5 Å². The minimum Gasteiger partial charge on any atom is -0.365 e. The molecule has 0 saturated carbocycles. The number of anilines is 2. The van der Waals surface area contributed by atoms with Crippen LogP contribution in [0.4, 0.5) is 17.2 Å². The van der Waals surface area contributed by atoms with Crippen molar-refractivity contribution in [3.05, 3.63) is 57.2 Å². The zero-order valence-electron chi connectivity index (χ0n) is 14.3. The number of nitro benzene ring substituents is 1. The summed E-state index contributed by atoms with van der Waals surface area (Å²) in [6.45, 7) is 3.01. The van der Waals surface area contributed by atoms with Crippen LogP contribution in [0, 0.1) is 23.0 Å². The van der Waals surface area contributed by atoms with E-state index in [2.05, 4.69) is 10.3 Å². The van der Waals surface area contributed by atoms with Gasteiger partial charge in [-0.05, 0) is 43.5 Å². The van der Waals surface area contributed by atoms with Gasteiger partial charge < -0.3 is 10.2 Å². The molecule has 1 amide bonds. The number of piperidine rings is 1. The maximum Gasteiger partial charge on any atom is 0.294 e. The highest BCUT2D eigenvalue weighted by Gasteiger charge is 2.29. The first-order valence-electron chi connectivity index (χ1n) is 8.36. The fraction of sp³-hybridized carbons (Fsp3) is 0.333. The van der Waals surface area contributed by atoms with Crippen molar-refractivity contribution in [2.45, 2.75) is 19.8 Å². The minimum absolute atomic E-state index is 0.0428. The fourth-order valence-electron chi connectivity index (χ4n) is 3.09. The molecule has 1 aromatic heterocycles. The molecule has 0 aliphatic carbocycles. The Labute approximate surface area is 156 Å². The molecule has 0 radical (unpaired) electrons. The molecular formula is C18H19ClN4O3. The Morgan fingerprint density at radius 3 is 2.88 bits per heavy atom. The first-order chi connectivity index (χ1) is 12.4. The predicted octanol–water partition coefficient (Wildman–Crippen LogP) is 3.81. The predicted molar refractivity (Wildman–Crippen MR) is 101 cm³/mol. The Bertz CT molecular complexity index is 826. The van der Waals surface area contributed by atoms with Crippen LogP contribution in [0.2, 0.25) is 5.02 Å². The van der Waals surface area contributed by atoms with Gasteiger partial charge in [0, 0.05) is 30.4 Å². The van der Waals surface area contributed by atoms with Crippen molar-refractivity contribution >= 4 is 34.7 Å². The Hall–Kier alpha value is -2.67. The van der Waals surface area contributed by atoms with Crippen molar-refractivity contribution < 1.29 is 9.72 Å². The SMILES string of the molecule is Cc1ccc(NC(=O)[C@H]2CCCN(c3ccc(Cl)cc3[N+](=O)[O-])C2)nc1. The van der Waals surface area contributed by atoms with Gasteiger partial charge in [-0.25, -0.2) is 4.98 Å². The third-order valence-electron chi connectivity index (χ3n) is 4.43. The molecule has 1 atom stereocenters. The van der Waals surface area contributed by atoms with Gasteiger partial charge in [0.1, 0.15) is 11.5 Å². The van der Waals surface area contributed by atoms with Crippen LogP contribution in [0.15, 0.2) is 36.5 Å². The van der Waals surface area contributed by atoms with Gasteiger partial charge in [-0.2, -0.15) is 0 Å². The van der Waals surface area contributed by atoms with E-state index in [1.54, 1.807) is 24.4 Å². The second-order valence-corrected chi connectivity index (χ2v) is 6.82. The molecule has 8 heteroatoms. The molecule has 1 aliphatic heterocycles. The van der Waals surface area contributed by atoms with Crippen LogP contribution >= 0.6 is 11.6 Å². The first-order valence-corrected chi connectivity index (χ1v) is 8.74. The Kier molecular flexibility index (Phi) is 5.37. The molecular weight excluding hydrogens is 356 g/mol. The average molecular weight is 375 g/mol. The number of aromatic nitrogens is 1. The van der Waals surface area contributed by atoms with Gasteiger partial charge in [0.25, 0.3) is 5.69 Å². The Morgan fingerprint density at radius 1 is 1.38 bits per heavy atom. The number of nitro groups is 1.